The third kappa shape index (κ3) is 3.16. The van der Waals surface area contributed by atoms with Gasteiger partial charge in [0, 0.05) is 15.9 Å². The summed E-state index contributed by atoms with van der Waals surface area (Å²) in [6, 6.07) is 0. The normalized spacial score (nSPS) is 16.0. The van der Waals surface area contributed by atoms with Gasteiger partial charge >= 0.3 is 29.1 Å². The van der Waals surface area contributed by atoms with Gasteiger partial charge in [0.05, 0.1) is 0 Å². The molecular formula is C5BrF11O. The Morgan fingerprint density at radius 1 is 0.611 bits per heavy atom. The van der Waals surface area contributed by atoms with Crippen molar-refractivity contribution in [2.24, 2.45) is 0 Å². The van der Waals surface area contributed by atoms with E-state index >= 15 is 0 Å². The number of hydrogen-bond donors (Lipinski definition) is 0. The Kier molecular flexibility index (Phi) is 4.27. The largest absolute Gasteiger partial charge is 0.458 e. The van der Waals surface area contributed by atoms with E-state index in [0.29, 0.717) is 0 Å². The number of alkyl halides is 12. The maximum atomic E-state index is 12.5. The second kappa shape index (κ2) is 4.35. The SMILES string of the molecule is FC(F)(F)C(F)(OC(F)(F)C(F)(F)Br)C(F)(F)F. The minimum atomic E-state index is -7.03. The van der Waals surface area contributed by atoms with E-state index < -0.39 is 29.1 Å². The van der Waals surface area contributed by atoms with E-state index in [1.54, 1.807) is 4.74 Å². The van der Waals surface area contributed by atoms with Crippen LogP contribution < -0.4 is 0 Å². The van der Waals surface area contributed by atoms with E-state index in [2.05, 4.69) is 0 Å². The third-order valence-electron chi connectivity index (χ3n) is 1.33. The predicted molar refractivity (Wildman–Crippen MR) is 35.9 cm³/mol. The molecule has 0 heterocycles. The van der Waals surface area contributed by atoms with Crippen molar-refractivity contribution < 1.29 is 53.0 Å². The molecule has 0 saturated carbocycles. The third-order valence-corrected chi connectivity index (χ3v) is 1.79. The maximum absolute atomic E-state index is 12.5. The molecule has 0 spiro atoms. The highest BCUT2D eigenvalue weighted by Crippen LogP contribution is 2.52. The molecule has 0 N–H and O–H groups in total. The fourth-order valence-electron chi connectivity index (χ4n) is 0.511. The first-order chi connectivity index (χ1) is 7.46. The van der Waals surface area contributed by atoms with E-state index in [0.717, 1.165) is 15.9 Å². The minimum Gasteiger partial charge on any atom is -0.262 e. The van der Waals surface area contributed by atoms with Crippen LogP contribution in [0.1, 0.15) is 0 Å². The van der Waals surface area contributed by atoms with Crippen LogP contribution in [0.5, 0.6) is 0 Å². The molecule has 0 rings (SSSR count). The van der Waals surface area contributed by atoms with E-state index in [9.17, 15) is 48.3 Å². The van der Waals surface area contributed by atoms with Crippen LogP contribution in [-0.4, -0.2) is 29.1 Å². The molecule has 1 nitrogen and oxygen atoms in total. The lowest BCUT2D eigenvalue weighted by molar-refractivity contribution is -0.494. The summed E-state index contributed by atoms with van der Waals surface area (Å²) in [5, 5.41) is 0. The predicted octanol–water partition coefficient (Wildman–Crippen LogP) is 4.37. The zero-order valence-corrected chi connectivity index (χ0v) is 9.03. The number of rotatable bonds is 3. The van der Waals surface area contributed by atoms with Gasteiger partial charge in [-0.1, -0.05) is 0 Å². The molecular weight excluding hydrogens is 365 g/mol. The lowest BCUT2D eigenvalue weighted by Crippen LogP contribution is -2.60. The zero-order valence-electron chi connectivity index (χ0n) is 7.44. The van der Waals surface area contributed by atoms with Crippen molar-refractivity contribution in [2.45, 2.75) is 29.1 Å². The summed E-state index contributed by atoms with van der Waals surface area (Å²) >= 11 is 0.777. The van der Waals surface area contributed by atoms with Crippen molar-refractivity contribution in [1.29, 1.82) is 0 Å². The van der Waals surface area contributed by atoms with Crippen molar-refractivity contribution in [3.05, 3.63) is 0 Å². The molecule has 0 aliphatic heterocycles. The van der Waals surface area contributed by atoms with E-state index in [4.69, 9.17) is 0 Å². The molecule has 0 fully saturated rings. The molecule has 13 heteroatoms. The summed E-state index contributed by atoms with van der Waals surface area (Å²) in [6.45, 7) is 0. The monoisotopic (exact) mass is 364 g/mol. The highest BCUT2D eigenvalue weighted by Gasteiger charge is 2.79. The molecule has 0 aromatic carbocycles. The lowest BCUT2D eigenvalue weighted by Gasteiger charge is -2.33. The van der Waals surface area contributed by atoms with Crippen LogP contribution >= 0.6 is 15.9 Å². The molecule has 0 amide bonds. The molecule has 110 valence electrons. The second-order valence-corrected chi connectivity index (χ2v) is 3.70. The Labute approximate surface area is 99.0 Å². The summed E-state index contributed by atoms with van der Waals surface area (Å²) in [7, 11) is 0. The number of hydrogen-bond acceptors (Lipinski definition) is 1. The molecule has 0 aromatic rings. The van der Waals surface area contributed by atoms with Gasteiger partial charge in [0.15, 0.2) is 0 Å². The molecule has 0 atom stereocenters. The van der Waals surface area contributed by atoms with Crippen molar-refractivity contribution in [3.8, 4) is 0 Å². The average molecular weight is 365 g/mol. The van der Waals surface area contributed by atoms with E-state index in [-0.39, 0.29) is 0 Å². The Morgan fingerprint density at radius 2 is 0.889 bits per heavy atom. The van der Waals surface area contributed by atoms with Crippen molar-refractivity contribution in [1.82, 2.24) is 0 Å². The van der Waals surface area contributed by atoms with Crippen LogP contribution in [0.25, 0.3) is 0 Å². The van der Waals surface area contributed by atoms with Crippen molar-refractivity contribution in [3.63, 3.8) is 0 Å². The van der Waals surface area contributed by atoms with Crippen molar-refractivity contribution in [2.75, 3.05) is 0 Å². The summed E-state index contributed by atoms with van der Waals surface area (Å²) in [5.41, 5.74) is 0. The van der Waals surface area contributed by atoms with Gasteiger partial charge in [-0.2, -0.15) is 48.3 Å². The van der Waals surface area contributed by atoms with Gasteiger partial charge in [0.1, 0.15) is 0 Å². The quantitative estimate of drug-likeness (QED) is 0.533. The Balaban J connectivity index is 5.58. The molecule has 0 radical (unpaired) electrons. The molecule has 0 saturated heterocycles. The van der Waals surface area contributed by atoms with Crippen LogP contribution in [-0.2, 0) is 4.74 Å². The molecule has 18 heavy (non-hydrogen) atoms. The smallest absolute Gasteiger partial charge is 0.262 e. The standard InChI is InChI=1S/C5BrF11O/c6-2(8,9)5(16,17)18-1(7,3(10,11)12)4(13,14)15. The average Bonchev–Trinajstić information content (AvgIpc) is 1.95. The first-order valence-electron chi connectivity index (χ1n) is 3.43. The van der Waals surface area contributed by atoms with Gasteiger partial charge in [0.2, 0.25) is 0 Å². The van der Waals surface area contributed by atoms with Crippen molar-refractivity contribution >= 4 is 15.9 Å². The minimum absolute atomic E-state index is 0.777. The first kappa shape index (κ1) is 17.7. The van der Waals surface area contributed by atoms with Gasteiger partial charge in [-0.3, -0.25) is 4.74 Å². The fourth-order valence-corrected chi connectivity index (χ4v) is 0.592. The van der Waals surface area contributed by atoms with Gasteiger partial charge in [-0.15, -0.1) is 0 Å². The molecule has 0 unspecified atom stereocenters. The number of halogens is 12. The Hall–Kier alpha value is -0.330. The lowest BCUT2D eigenvalue weighted by atomic mass is 10.3. The maximum Gasteiger partial charge on any atom is 0.458 e. The molecule has 0 aromatic heterocycles. The van der Waals surface area contributed by atoms with Crippen LogP contribution in [0, 0.1) is 0 Å². The second-order valence-electron chi connectivity index (χ2n) is 2.71. The summed E-state index contributed by atoms with van der Waals surface area (Å²) in [6.07, 6.45) is -20.5. The molecule has 0 aliphatic rings. The van der Waals surface area contributed by atoms with Crippen LogP contribution in [0.3, 0.4) is 0 Å². The Morgan fingerprint density at radius 3 is 1.06 bits per heavy atom. The highest BCUT2D eigenvalue weighted by atomic mass is 79.9. The molecule has 0 bridgehead atoms. The zero-order chi connectivity index (χ0) is 15.2. The van der Waals surface area contributed by atoms with E-state index in [1.807, 2.05) is 0 Å². The molecule has 0 aliphatic carbocycles. The summed E-state index contributed by atoms with van der Waals surface area (Å²) in [4.78, 5) is -5.64. The van der Waals surface area contributed by atoms with Gasteiger partial charge < -0.3 is 0 Å². The Bertz CT molecular complexity index is 284. The van der Waals surface area contributed by atoms with E-state index in [1.165, 1.54) is 0 Å². The first-order valence-corrected chi connectivity index (χ1v) is 4.22. The van der Waals surface area contributed by atoms with Crippen LogP contribution in [0.4, 0.5) is 48.3 Å². The summed E-state index contributed by atoms with van der Waals surface area (Å²) < 4.78 is 133. The summed E-state index contributed by atoms with van der Waals surface area (Å²) in [5.74, 6) is -6.94. The van der Waals surface area contributed by atoms with Gasteiger partial charge in [0.25, 0.3) is 0 Å². The van der Waals surface area contributed by atoms with Gasteiger partial charge in [-0.05, 0) is 0 Å². The fraction of sp³-hybridized carbons (Fsp3) is 1.00. The number of ether oxygens (including phenoxy) is 1. The highest BCUT2D eigenvalue weighted by molar-refractivity contribution is 9.10. The van der Waals surface area contributed by atoms with Gasteiger partial charge in [-0.25, -0.2) is 0 Å². The van der Waals surface area contributed by atoms with Crippen LogP contribution in [0.15, 0.2) is 0 Å². The van der Waals surface area contributed by atoms with Crippen LogP contribution in [0.2, 0.25) is 0 Å². The topological polar surface area (TPSA) is 9.23 Å².